The molecule has 1 saturated heterocycles. The first-order valence-electron chi connectivity index (χ1n) is 7.21. The highest BCUT2D eigenvalue weighted by atomic mass is 15.1. The number of likely N-dealkylation sites (tertiary alicyclic amines) is 1. The van der Waals surface area contributed by atoms with Gasteiger partial charge in [-0.1, -0.05) is 55.4 Å². The zero-order valence-corrected chi connectivity index (χ0v) is 13.4. The Balaban J connectivity index is -0.000000181. The second kappa shape index (κ2) is 17.4. The molecule has 1 nitrogen and oxygen atoms in total. The van der Waals surface area contributed by atoms with Crippen molar-refractivity contribution in [3.63, 3.8) is 0 Å². The van der Waals surface area contributed by atoms with E-state index in [-0.39, 0.29) is 0 Å². The fraction of sp³-hybridized carbons (Fsp3) is 1.00. The summed E-state index contributed by atoms with van der Waals surface area (Å²) < 4.78 is 0. The van der Waals surface area contributed by atoms with Gasteiger partial charge in [-0.15, -0.1) is 0 Å². The summed E-state index contributed by atoms with van der Waals surface area (Å²) >= 11 is 0. The van der Waals surface area contributed by atoms with Gasteiger partial charge in [-0.05, 0) is 38.3 Å². The molecular formula is C15H37N. The third kappa shape index (κ3) is 23.6. The minimum atomic E-state index is 0.833. The van der Waals surface area contributed by atoms with Crippen molar-refractivity contribution in [1.29, 1.82) is 0 Å². The molecule has 0 N–H and O–H groups in total. The lowest BCUT2D eigenvalue weighted by Gasteiger charge is -2.26. The topological polar surface area (TPSA) is 3.24 Å². The molecule has 0 bridgehead atoms. The first kappa shape index (κ1) is 21.3. The molecule has 102 valence electrons. The van der Waals surface area contributed by atoms with Gasteiger partial charge in [-0.25, -0.2) is 0 Å². The monoisotopic (exact) mass is 231 g/mol. The van der Waals surface area contributed by atoms with E-state index < -0.39 is 0 Å². The molecule has 0 aromatic carbocycles. The first-order chi connectivity index (χ1) is 7.52. The lowest BCUT2D eigenvalue weighted by molar-refractivity contribution is 0.221. The molecule has 1 heteroatoms. The van der Waals surface area contributed by atoms with E-state index in [1.54, 1.807) is 0 Å². The van der Waals surface area contributed by atoms with Crippen LogP contribution in [0, 0.1) is 11.8 Å². The minimum Gasteiger partial charge on any atom is -0.306 e. The van der Waals surface area contributed by atoms with Crippen LogP contribution < -0.4 is 0 Å². The van der Waals surface area contributed by atoms with Crippen LogP contribution in [0.2, 0.25) is 0 Å². The maximum absolute atomic E-state index is 2.41. The molecule has 0 aromatic heterocycles. The second-order valence-corrected chi connectivity index (χ2v) is 4.74. The Hall–Kier alpha value is -0.0400. The molecule has 0 spiro atoms. The van der Waals surface area contributed by atoms with Crippen LogP contribution in [0.15, 0.2) is 0 Å². The van der Waals surface area contributed by atoms with Crippen molar-refractivity contribution in [2.24, 2.45) is 11.8 Å². The highest BCUT2D eigenvalue weighted by Crippen LogP contribution is 2.12. The summed E-state index contributed by atoms with van der Waals surface area (Å²) in [7, 11) is 2.20. The normalized spacial score (nSPS) is 19.5. The zero-order chi connectivity index (χ0) is 13.6. The zero-order valence-electron chi connectivity index (χ0n) is 13.4. The third-order valence-corrected chi connectivity index (χ3v) is 1.86. The van der Waals surface area contributed by atoms with Crippen LogP contribution in [-0.4, -0.2) is 25.0 Å². The van der Waals surface area contributed by atoms with E-state index in [1.807, 2.05) is 27.7 Å². The lowest BCUT2D eigenvalue weighted by Crippen LogP contribution is -2.30. The van der Waals surface area contributed by atoms with Crippen LogP contribution >= 0.6 is 0 Å². The van der Waals surface area contributed by atoms with Crippen LogP contribution in [0.1, 0.15) is 68.2 Å². The molecule has 1 unspecified atom stereocenters. The van der Waals surface area contributed by atoms with Gasteiger partial charge in [-0.3, -0.25) is 0 Å². The van der Waals surface area contributed by atoms with Crippen LogP contribution in [0.3, 0.4) is 0 Å². The number of piperidine rings is 1. The molecule has 0 saturated carbocycles. The van der Waals surface area contributed by atoms with Crippen molar-refractivity contribution >= 4 is 0 Å². The van der Waals surface area contributed by atoms with E-state index >= 15 is 0 Å². The highest BCUT2D eigenvalue weighted by molar-refractivity contribution is 4.65. The molecule has 1 atom stereocenters. The van der Waals surface area contributed by atoms with Crippen LogP contribution in [0.5, 0.6) is 0 Å². The maximum atomic E-state index is 2.41. The van der Waals surface area contributed by atoms with Gasteiger partial charge >= 0.3 is 0 Å². The molecule has 1 fully saturated rings. The number of hydrogen-bond donors (Lipinski definition) is 0. The number of nitrogens with zero attached hydrogens (tertiary/aromatic N) is 1. The van der Waals surface area contributed by atoms with Gasteiger partial charge in [0.2, 0.25) is 0 Å². The summed E-state index contributed by atoms with van der Waals surface area (Å²) in [6, 6.07) is 0. The Morgan fingerprint density at radius 2 is 1.38 bits per heavy atom. The molecule has 0 aliphatic carbocycles. The van der Waals surface area contributed by atoms with Crippen molar-refractivity contribution in [1.82, 2.24) is 4.90 Å². The van der Waals surface area contributed by atoms with Crippen molar-refractivity contribution in [3.8, 4) is 0 Å². The smallest absolute Gasteiger partial charge is 0.000398 e. The van der Waals surface area contributed by atoms with Gasteiger partial charge in [0.1, 0.15) is 0 Å². The van der Waals surface area contributed by atoms with Crippen molar-refractivity contribution in [3.05, 3.63) is 0 Å². The first-order valence-corrected chi connectivity index (χ1v) is 7.21. The molecule has 1 rings (SSSR count). The van der Waals surface area contributed by atoms with Gasteiger partial charge in [0, 0.05) is 6.54 Å². The minimum absolute atomic E-state index is 0.833. The molecule has 1 aliphatic heterocycles. The van der Waals surface area contributed by atoms with E-state index in [4.69, 9.17) is 0 Å². The van der Waals surface area contributed by atoms with Crippen molar-refractivity contribution < 1.29 is 0 Å². The van der Waals surface area contributed by atoms with Gasteiger partial charge in [0.05, 0.1) is 0 Å². The van der Waals surface area contributed by atoms with Gasteiger partial charge in [0.25, 0.3) is 0 Å². The summed E-state index contributed by atoms with van der Waals surface area (Å²) in [5, 5.41) is 0. The molecule has 1 heterocycles. The summed E-state index contributed by atoms with van der Waals surface area (Å²) in [6.07, 6.45) is 2.84. The largest absolute Gasteiger partial charge is 0.306 e. The van der Waals surface area contributed by atoms with E-state index in [0.717, 1.165) is 11.8 Å². The predicted octanol–water partition coefficient (Wildman–Crippen LogP) is 5.06. The average Bonchev–Trinajstić information content (AvgIpc) is 2.22. The van der Waals surface area contributed by atoms with Crippen molar-refractivity contribution in [2.75, 3.05) is 20.1 Å². The third-order valence-electron chi connectivity index (χ3n) is 1.86. The Bertz CT molecular complexity index is 88.9. The molecule has 0 amide bonds. The van der Waals surface area contributed by atoms with Gasteiger partial charge < -0.3 is 4.90 Å². The van der Waals surface area contributed by atoms with Gasteiger partial charge in [-0.2, -0.15) is 0 Å². The number of rotatable bonds is 0. The van der Waals surface area contributed by atoms with E-state index in [9.17, 15) is 0 Å². The average molecular weight is 231 g/mol. The molecular weight excluding hydrogens is 194 g/mol. The maximum Gasteiger partial charge on any atom is 0.000398 e. The lowest BCUT2D eigenvalue weighted by atomic mass is 10.0. The van der Waals surface area contributed by atoms with E-state index in [1.165, 1.54) is 25.9 Å². The summed E-state index contributed by atoms with van der Waals surface area (Å²) in [6.45, 7) is 19.4. The van der Waals surface area contributed by atoms with Crippen LogP contribution in [0.25, 0.3) is 0 Å². The molecule has 0 radical (unpaired) electrons. The summed E-state index contributed by atoms with van der Waals surface area (Å²) in [4.78, 5) is 2.41. The fourth-order valence-corrected chi connectivity index (χ4v) is 1.42. The Morgan fingerprint density at radius 3 is 1.56 bits per heavy atom. The molecule has 1 aliphatic rings. The Labute approximate surface area is 106 Å². The SMILES string of the molecule is CC.CC.CC(C)C.CC1CCCN(C)C1. The number of hydrogen-bond acceptors (Lipinski definition) is 1. The Morgan fingerprint density at radius 1 is 1.00 bits per heavy atom. The predicted molar refractivity (Wildman–Crippen MR) is 79.1 cm³/mol. The quantitative estimate of drug-likeness (QED) is 0.563. The highest BCUT2D eigenvalue weighted by Gasteiger charge is 2.11. The molecule has 16 heavy (non-hydrogen) atoms. The second-order valence-electron chi connectivity index (χ2n) is 4.74. The summed E-state index contributed by atoms with van der Waals surface area (Å²) in [5.41, 5.74) is 0. The van der Waals surface area contributed by atoms with Crippen LogP contribution in [0.4, 0.5) is 0 Å². The molecule has 0 aromatic rings. The van der Waals surface area contributed by atoms with E-state index in [0.29, 0.717) is 0 Å². The van der Waals surface area contributed by atoms with Gasteiger partial charge in [0.15, 0.2) is 0 Å². The fourth-order valence-electron chi connectivity index (χ4n) is 1.42. The Kier molecular flexibility index (Phi) is 23.1. The van der Waals surface area contributed by atoms with Crippen LogP contribution in [-0.2, 0) is 0 Å². The summed E-state index contributed by atoms with van der Waals surface area (Å²) in [5.74, 6) is 1.77. The standard InChI is InChI=1S/C7H15N.C4H10.2C2H6/c1-7-4-3-5-8(2)6-7;1-4(2)3;2*1-2/h7H,3-6H2,1-2H3;4H,1-3H3;2*1-2H3. The van der Waals surface area contributed by atoms with Crippen molar-refractivity contribution in [2.45, 2.75) is 68.2 Å². The van der Waals surface area contributed by atoms with E-state index in [2.05, 4.69) is 39.6 Å².